The fraction of sp³-hybridized carbons (Fsp3) is 0. The predicted octanol–water partition coefficient (Wildman–Crippen LogP) is -0.836. The lowest BCUT2D eigenvalue weighted by Gasteiger charge is -1.96. The van der Waals surface area contributed by atoms with Crippen LogP contribution < -0.4 is 18.1 Å². The van der Waals surface area contributed by atoms with Crippen molar-refractivity contribution in [2.45, 2.75) is 0 Å². The Labute approximate surface area is 98.4 Å². The second-order valence-corrected chi connectivity index (χ2v) is 3.89. The number of nitrogens with zero attached hydrogens (tertiary/aromatic N) is 1. The van der Waals surface area contributed by atoms with Crippen LogP contribution >= 0.6 is 11.3 Å². The highest BCUT2D eigenvalue weighted by Crippen LogP contribution is 2.31. The number of benzene rings is 1. The summed E-state index contributed by atoms with van der Waals surface area (Å²) >= 11 is 1.52. The largest absolute Gasteiger partial charge is 1.00 e. The van der Waals surface area contributed by atoms with Crippen LogP contribution in [0.4, 0.5) is 5.00 Å². The lowest BCUT2D eigenvalue weighted by Crippen LogP contribution is -3.00. The van der Waals surface area contributed by atoms with Crippen LogP contribution in [0, 0.1) is 11.3 Å². The summed E-state index contributed by atoms with van der Waals surface area (Å²) in [6, 6.07) is 12.1. The average Bonchev–Trinajstić information content (AvgIpc) is 2.61. The SMILES string of the molecule is N#Cc1c(-c2ccccc2)csc1[NH3+].[Cl-]. The van der Waals surface area contributed by atoms with Crippen LogP contribution in [0.25, 0.3) is 11.1 Å². The summed E-state index contributed by atoms with van der Waals surface area (Å²) in [6.07, 6.45) is 0. The van der Waals surface area contributed by atoms with Crippen LogP contribution in [0.2, 0.25) is 0 Å². The molecule has 2 nitrogen and oxygen atoms in total. The highest BCUT2D eigenvalue weighted by atomic mass is 35.5. The molecule has 15 heavy (non-hydrogen) atoms. The van der Waals surface area contributed by atoms with E-state index in [1.165, 1.54) is 11.3 Å². The van der Waals surface area contributed by atoms with Crippen molar-refractivity contribution in [3.05, 3.63) is 41.3 Å². The highest BCUT2D eigenvalue weighted by Gasteiger charge is 2.12. The maximum Gasteiger partial charge on any atom is 0.202 e. The summed E-state index contributed by atoms with van der Waals surface area (Å²) in [5.41, 5.74) is 6.60. The summed E-state index contributed by atoms with van der Waals surface area (Å²) in [7, 11) is 0. The van der Waals surface area contributed by atoms with E-state index < -0.39 is 0 Å². The molecule has 0 amide bonds. The van der Waals surface area contributed by atoms with Crippen molar-refractivity contribution in [3.8, 4) is 17.2 Å². The van der Waals surface area contributed by atoms with Gasteiger partial charge in [0, 0.05) is 10.9 Å². The molecule has 4 heteroatoms. The third-order valence-corrected chi connectivity index (χ3v) is 2.91. The van der Waals surface area contributed by atoms with Crippen LogP contribution in [0.15, 0.2) is 35.7 Å². The zero-order chi connectivity index (χ0) is 9.97. The van der Waals surface area contributed by atoms with Crippen LogP contribution in [-0.4, -0.2) is 0 Å². The lowest BCUT2D eigenvalue weighted by molar-refractivity contribution is -0.249. The van der Waals surface area contributed by atoms with E-state index in [2.05, 4.69) is 11.8 Å². The molecule has 3 N–H and O–H groups in total. The van der Waals surface area contributed by atoms with E-state index in [0.717, 1.165) is 16.1 Å². The Kier molecular flexibility index (Phi) is 3.87. The number of quaternary nitrogens is 1. The second-order valence-electron chi connectivity index (χ2n) is 2.93. The van der Waals surface area contributed by atoms with Crippen molar-refractivity contribution in [1.82, 2.24) is 0 Å². The fourth-order valence-corrected chi connectivity index (χ4v) is 2.14. The lowest BCUT2D eigenvalue weighted by atomic mass is 10.1. The Bertz CT molecular complexity index is 485. The minimum absolute atomic E-state index is 0. The van der Waals surface area contributed by atoms with Gasteiger partial charge in [-0.1, -0.05) is 41.7 Å². The Morgan fingerprint density at radius 1 is 1.20 bits per heavy atom. The summed E-state index contributed by atoms with van der Waals surface area (Å²) in [6.45, 7) is 0. The molecule has 0 aliphatic heterocycles. The zero-order valence-corrected chi connectivity index (χ0v) is 9.48. The van der Waals surface area contributed by atoms with E-state index in [0.29, 0.717) is 5.56 Å². The van der Waals surface area contributed by atoms with Gasteiger partial charge in [0.15, 0.2) is 0 Å². The van der Waals surface area contributed by atoms with Gasteiger partial charge in [-0.15, -0.1) is 0 Å². The minimum Gasteiger partial charge on any atom is -1.00 e. The van der Waals surface area contributed by atoms with E-state index in [4.69, 9.17) is 5.26 Å². The molecular formula is C11H9ClN2S. The molecule has 1 heterocycles. The van der Waals surface area contributed by atoms with E-state index in [1.807, 2.05) is 35.7 Å². The number of rotatable bonds is 1. The van der Waals surface area contributed by atoms with Gasteiger partial charge in [-0.3, -0.25) is 0 Å². The quantitative estimate of drug-likeness (QED) is 0.690. The molecule has 1 aromatic heterocycles. The van der Waals surface area contributed by atoms with Gasteiger partial charge in [-0.25, -0.2) is 0 Å². The van der Waals surface area contributed by atoms with Gasteiger partial charge in [0.2, 0.25) is 5.00 Å². The first-order valence-electron chi connectivity index (χ1n) is 4.22. The van der Waals surface area contributed by atoms with Gasteiger partial charge in [0.05, 0.1) is 0 Å². The normalized spacial score (nSPS) is 9.07. The Morgan fingerprint density at radius 3 is 2.47 bits per heavy atom. The first-order valence-corrected chi connectivity index (χ1v) is 5.10. The summed E-state index contributed by atoms with van der Waals surface area (Å²) < 4.78 is 0. The van der Waals surface area contributed by atoms with Crippen LogP contribution in [0.1, 0.15) is 5.56 Å². The summed E-state index contributed by atoms with van der Waals surface area (Å²) in [5, 5.41) is 11.8. The maximum absolute atomic E-state index is 8.97. The van der Waals surface area contributed by atoms with Crippen molar-refractivity contribution in [2.75, 3.05) is 0 Å². The van der Waals surface area contributed by atoms with Gasteiger partial charge in [-0.05, 0) is 5.56 Å². The van der Waals surface area contributed by atoms with Gasteiger partial charge in [0.1, 0.15) is 11.6 Å². The van der Waals surface area contributed by atoms with E-state index >= 15 is 0 Å². The van der Waals surface area contributed by atoms with E-state index in [-0.39, 0.29) is 12.4 Å². The molecule has 0 radical (unpaired) electrons. The molecule has 0 unspecified atom stereocenters. The van der Waals surface area contributed by atoms with Crippen molar-refractivity contribution >= 4 is 16.3 Å². The number of halogens is 1. The number of hydrogen-bond donors (Lipinski definition) is 1. The highest BCUT2D eigenvalue weighted by molar-refractivity contribution is 7.14. The monoisotopic (exact) mass is 236 g/mol. The Balaban J connectivity index is 0.00000112. The standard InChI is InChI=1S/C11H8N2S.ClH/c12-6-9-10(7-14-11(9)13)8-4-2-1-3-5-8;/h1-5,7H,13H2;1H. The molecule has 2 aromatic rings. The first-order chi connectivity index (χ1) is 6.83. The topological polar surface area (TPSA) is 51.4 Å². The predicted molar refractivity (Wildman–Crippen MR) is 57.0 cm³/mol. The third-order valence-electron chi connectivity index (χ3n) is 2.06. The Hall–Kier alpha value is -1.34. The molecule has 0 saturated heterocycles. The molecule has 0 atom stereocenters. The van der Waals surface area contributed by atoms with Crippen LogP contribution in [0.5, 0.6) is 0 Å². The van der Waals surface area contributed by atoms with Gasteiger partial charge < -0.3 is 18.1 Å². The van der Waals surface area contributed by atoms with Crippen LogP contribution in [0.3, 0.4) is 0 Å². The number of nitriles is 1. The molecule has 0 bridgehead atoms. The van der Waals surface area contributed by atoms with E-state index in [9.17, 15) is 0 Å². The van der Waals surface area contributed by atoms with Crippen molar-refractivity contribution in [3.63, 3.8) is 0 Å². The zero-order valence-electron chi connectivity index (χ0n) is 7.90. The van der Waals surface area contributed by atoms with Crippen LogP contribution in [-0.2, 0) is 0 Å². The van der Waals surface area contributed by atoms with Crippen molar-refractivity contribution in [2.24, 2.45) is 0 Å². The third kappa shape index (κ3) is 2.18. The molecule has 0 saturated carbocycles. The summed E-state index contributed by atoms with van der Waals surface area (Å²) in [4.78, 5) is 0. The molecule has 0 spiro atoms. The average molecular weight is 237 g/mol. The minimum atomic E-state index is 0. The molecule has 76 valence electrons. The number of hydrogen-bond acceptors (Lipinski definition) is 2. The maximum atomic E-state index is 8.97. The van der Waals surface area contributed by atoms with Gasteiger partial charge in [0.25, 0.3) is 0 Å². The van der Waals surface area contributed by atoms with Crippen molar-refractivity contribution in [1.29, 1.82) is 5.26 Å². The van der Waals surface area contributed by atoms with Gasteiger partial charge >= 0.3 is 0 Å². The molecule has 0 aliphatic rings. The number of thiophene rings is 1. The summed E-state index contributed by atoms with van der Waals surface area (Å²) in [5.74, 6) is 0. The molecule has 0 aliphatic carbocycles. The first kappa shape index (κ1) is 11.7. The van der Waals surface area contributed by atoms with Gasteiger partial charge in [-0.2, -0.15) is 5.26 Å². The molecular weight excluding hydrogens is 228 g/mol. The molecule has 1 aromatic carbocycles. The van der Waals surface area contributed by atoms with E-state index in [1.54, 1.807) is 0 Å². The van der Waals surface area contributed by atoms with Crippen molar-refractivity contribution < 1.29 is 18.1 Å². The Morgan fingerprint density at radius 2 is 1.87 bits per heavy atom. The fourth-order valence-electron chi connectivity index (χ4n) is 1.35. The second kappa shape index (κ2) is 4.94. The smallest absolute Gasteiger partial charge is 0.202 e. The molecule has 0 fully saturated rings. The molecule has 2 rings (SSSR count).